The van der Waals surface area contributed by atoms with Gasteiger partial charge in [-0.1, -0.05) is 48.0 Å². The molecule has 2 aliphatic heterocycles. The Morgan fingerprint density at radius 3 is 2.43 bits per heavy atom. The molecule has 3 amide bonds. The predicted octanol–water partition coefficient (Wildman–Crippen LogP) is 1.23. The number of hydrogen-bond acceptors (Lipinski definition) is 7. The number of nitrogens with one attached hydrogen (secondary N) is 2. The summed E-state index contributed by atoms with van der Waals surface area (Å²) in [5.41, 5.74) is 14.1. The monoisotopic (exact) mass is 618 g/mol. The quantitative estimate of drug-likeness (QED) is 0.294. The third-order valence-electron chi connectivity index (χ3n) is 7.67. The van der Waals surface area contributed by atoms with Crippen LogP contribution in [0.1, 0.15) is 48.8 Å². The molecular formula is C29H39ClN6O5S. The van der Waals surface area contributed by atoms with Gasteiger partial charge in [0.25, 0.3) is 0 Å². The van der Waals surface area contributed by atoms with Crippen LogP contribution in [-0.2, 0) is 43.2 Å². The molecule has 0 aromatic heterocycles. The van der Waals surface area contributed by atoms with Gasteiger partial charge in [-0.05, 0) is 54.5 Å². The highest BCUT2D eigenvalue weighted by Gasteiger charge is 2.42. The van der Waals surface area contributed by atoms with Crippen LogP contribution in [0.5, 0.6) is 0 Å². The molecule has 2 heterocycles. The van der Waals surface area contributed by atoms with Crippen molar-refractivity contribution in [2.24, 2.45) is 11.5 Å². The number of rotatable bonds is 11. The largest absolute Gasteiger partial charge is 0.350 e. The van der Waals surface area contributed by atoms with Gasteiger partial charge in [-0.25, -0.2) is 13.1 Å². The Labute approximate surface area is 252 Å². The van der Waals surface area contributed by atoms with E-state index < -0.39 is 40.0 Å². The lowest BCUT2D eigenvalue weighted by Crippen LogP contribution is -2.55. The van der Waals surface area contributed by atoms with E-state index in [2.05, 4.69) is 10.0 Å². The standard InChI is InChI=1S/C29H39ClN6O5S/c30-23-10-9-21(16-31)22(13-23)17-33-28(38)26-14-24(32)18-36(26)29(39)25(15-27(37)35-11-5-2-6-12-35)34-42(40,41)19-20-7-3-1-4-8-20/h1,3-4,7-10,13,24-26,34H,2,5-6,11-12,14-19,31-32H2,(H,33,38)/t24-,25?,26-/m0/s1. The van der Waals surface area contributed by atoms with Gasteiger partial charge >= 0.3 is 0 Å². The van der Waals surface area contributed by atoms with Gasteiger partial charge in [0.2, 0.25) is 27.7 Å². The molecule has 4 rings (SSSR count). The van der Waals surface area contributed by atoms with Crippen molar-refractivity contribution in [3.8, 4) is 0 Å². The summed E-state index contributed by atoms with van der Waals surface area (Å²) in [6.45, 7) is 1.57. The summed E-state index contributed by atoms with van der Waals surface area (Å²) >= 11 is 6.13. The van der Waals surface area contributed by atoms with Crippen molar-refractivity contribution in [2.45, 2.75) is 69.1 Å². The number of hydrogen-bond donors (Lipinski definition) is 4. The van der Waals surface area contributed by atoms with E-state index in [0.717, 1.165) is 30.4 Å². The first-order valence-corrected chi connectivity index (χ1v) is 16.2. The van der Waals surface area contributed by atoms with Gasteiger partial charge in [-0.3, -0.25) is 14.4 Å². The summed E-state index contributed by atoms with van der Waals surface area (Å²) in [6, 6.07) is 11.0. The third kappa shape index (κ3) is 8.51. The van der Waals surface area contributed by atoms with Gasteiger partial charge in [0.05, 0.1) is 12.2 Å². The molecule has 0 aliphatic carbocycles. The first kappa shape index (κ1) is 31.9. The first-order chi connectivity index (χ1) is 20.1. The minimum Gasteiger partial charge on any atom is -0.350 e. The Morgan fingerprint density at radius 2 is 1.74 bits per heavy atom. The Kier molecular flexibility index (Phi) is 11.0. The van der Waals surface area contributed by atoms with E-state index in [0.29, 0.717) is 23.7 Å². The predicted molar refractivity (Wildman–Crippen MR) is 160 cm³/mol. The fourth-order valence-electron chi connectivity index (χ4n) is 5.50. The molecule has 0 bridgehead atoms. The van der Waals surface area contributed by atoms with Gasteiger partial charge < -0.3 is 26.6 Å². The minimum atomic E-state index is -4.02. The molecule has 6 N–H and O–H groups in total. The first-order valence-electron chi connectivity index (χ1n) is 14.2. The van der Waals surface area contributed by atoms with Gasteiger partial charge in [-0.2, -0.15) is 0 Å². The van der Waals surface area contributed by atoms with Crippen molar-refractivity contribution < 1.29 is 22.8 Å². The number of benzene rings is 2. The molecule has 2 fully saturated rings. The van der Waals surface area contributed by atoms with Gasteiger partial charge in [0, 0.05) is 43.8 Å². The number of amides is 3. The van der Waals surface area contributed by atoms with E-state index in [4.69, 9.17) is 23.1 Å². The van der Waals surface area contributed by atoms with Crippen molar-refractivity contribution >= 4 is 39.3 Å². The summed E-state index contributed by atoms with van der Waals surface area (Å²) in [5.74, 6) is -1.76. The van der Waals surface area contributed by atoms with Crippen LogP contribution < -0.4 is 21.5 Å². The smallest absolute Gasteiger partial charge is 0.243 e. The van der Waals surface area contributed by atoms with Crippen LogP contribution in [0, 0.1) is 0 Å². The van der Waals surface area contributed by atoms with Crippen molar-refractivity contribution in [2.75, 3.05) is 19.6 Å². The molecule has 11 nitrogen and oxygen atoms in total. The number of piperidine rings is 1. The molecule has 0 radical (unpaired) electrons. The zero-order valence-corrected chi connectivity index (χ0v) is 25.1. The Balaban J connectivity index is 1.52. The molecule has 0 spiro atoms. The van der Waals surface area contributed by atoms with Crippen LogP contribution in [0.4, 0.5) is 0 Å². The Morgan fingerprint density at radius 1 is 1.02 bits per heavy atom. The summed E-state index contributed by atoms with van der Waals surface area (Å²) < 4.78 is 28.8. The van der Waals surface area contributed by atoms with Crippen molar-refractivity contribution in [1.82, 2.24) is 19.8 Å². The maximum atomic E-state index is 13.9. The molecule has 1 unspecified atom stereocenters. The van der Waals surface area contributed by atoms with E-state index in [1.165, 1.54) is 4.90 Å². The molecule has 2 saturated heterocycles. The van der Waals surface area contributed by atoms with E-state index in [-0.39, 0.29) is 44.1 Å². The van der Waals surface area contributed by atoms with E-state index in [9.17, 15) is 22.8 Å². The minimum absolute atomic E-state index is 0.0525. The SMILES string of the molecule is NCc1ccc(Cl)cc1CNC(=O)[C@@H]1C[C@H](N)CN1C(=O)C(CC(=O)N1CCCCC1)NS(=O)(=O)Cc1ccccc1. The van der Waals surface area contributed by atoms with Crippen LogP contribution in [0.2, 0.25) is 5.02 Å². The molecule has 3 atom stereocenters. The van der Waals surface area contributed by atoms with E-state index in [1.54, 1.807) is 53.4 Å². The van der Waals surface area contributed by atoms with Crippen molar-refractivity contribution in [3.63, 3.8) is 0 Å². The molecule has 2 aromatic rings. The summed E-state index contributed by atoms with van der Waals surface area (Å²) in [4.78, 5) is 43.4. The van der Waals surface area contributed by atoms with Gasteiger partial charge in [0.15, 0.2) is 0 Å². The lowest BCUT2D eigenvalue weighted by atomic mass is 10.1. The third-order valence-corrected chi connectivity index (χ3v) is 9.26. The zero-order valence-electron chi connectivity index (χ0n) is 23.5. The maximum absolute atomic E-state index is 13.9. The van der Waals surface area contributed by atoms with Crippen LogP contribution in [0.25, 0.3) is 0 Å². The molecule has 2 aromatic carbocycles. The van der Waals surface area contributed by atoms with Gasteiger partial charge in [-0.15, -0.1) is 0 Å². The highest BCUT2D eigenvalue weighted by atomic mass is 35.5. The molecule has 228 valence electrons. The average Bonchev–Trinajstić information content (AvgIpc) is 3.37. The fraction of sp³-hybridized carbons (Fsp3) is 0.483. The highest BCUT2D eigenvalue weighted by molar-refractivity contribution is 7.88. The zero-order chi connectivity index (χ0) is 30.3. The normalized spacial score (nSPS) is 19.9. The summed E-state index contributed by atoms with van der Waals surface area (Å²) in [6.07, 6.45) is 2.56. The second kappa shape index (κ2) is 14.4. The van der Waals surface area contributed by atoms with E-state index in [1.807, 2.05) is 0 Å². The van der Waals surface area contributed by atoms with Crippen molar-refractivity contribution in [3.05, 3.63) is 70.2 Å². The van der Waals surface area contributed by atoms with Crippen LogP contribution in [0.15, 0.2) is 48.5 Å². The second-order valence-electron chi connectivity index (χ2n) is 10.9. The number of nitrogens with two attached hydrogens (primary N) is 2. The summed E-state index contributed by atoms with van der Waals surface area (Å²) in [5, 5.41) is 3.34. The number of carbonyl (C=O) groups excluding carboxylic acids is 3. The topological polar surface area (TPSA) is 168 Å². The molecular weight excluding hydrogens is 580 g/mol. The maximum Gasteiger partial charge on any atom is 0.243 e. The van der Waals surface area contributed by atoms with Crippen LogP contribution >= 0.6 is 11.6 Å². The molecule has 0 saturated carbocycles. The number of likely N-dealkylation sites (tertiary alicyclic amines) is 2. The average molecular weight is 619 g/mol. The lowest BCUT2D eigenvalue weighted by molar-refractivity contribution is -0.142. The number of carbonyl (C=O) groups is 3. The number of halogens is 1. The molecule has 2 aliphatic rings. The lowest BCUT2D eigenvalue weighted by Gasteiger charge is -2.31. The highest BCUT2D eigenvalue weighted by Crippen LogP contribution is 2.22. The van der Waals surface area contributed by atoms with Crippen LogP contribution in [0.3, 0.4) is 0 Å². The van der Waals surface area contributed by atoms with E-state index >= 15 is 0 Å². The van der Waals surface area contributed by atoms with Crippen molar-refractivity contribution in [1.29, 1.82) is 0 Å². The molecule has 13 heteroatoms. The Bertz CT molecular complexity index is 1370. The number of nitrogens with zero attached hydrogens (tertiary/aromatic N) is 2. The summed E-state index contributed by atoms with van der Waals surface area (Å²) in [7, 11) is -4.02. The number of sulfonamides is 1. The molecule has 42 heavy (non-hydrogen) atoms. The Hall–Kier alpha value is -3.03. The fourth-order valence-corrected chi connectivity index (χ4v) is 7.02. The second-order valence-corrected chi connectivity index (χ2v) is 13.1. The van der Waals surface area contributed by atoms with Gasteiger partial charge in [0.1, 0.15) is 12.1 Å². The van der Waals surface area contributed by atoms with Crippen LogP contribution in [-0.4, -0.2) is 73.7 Å².